The Morgan fingerprint density at radius 3 is 2.44 bits per heavy atom. The van der Waals surface area contributed by atoms with Gasteiger partial charge >= 0.3 is 0 Å². The minimum absolute atomic E-state index is 0.475. The molecule has 0 amide bonds. The van der Waals surface area contributed by atoms with E-state index in [2.05, 4.69) is 28.7 Å². The zero-order valence-corrected chi connectivity index (χ0v) is 10.6. The number of hydrogen-bond donors (Lipinski definition) is 0. The first-order valence-electron chi connectivity index (χ1n) is 5.88. The van der Waals surface area contributed by atoms with Crippen molar-refractivity contribution in [3.63, 3.8) is 0 Å². The summed E-state index contributed by atoms with van der Waals surface area (Å²) in [5, 5.41) is 0.475. The fourth-order valence-corrected chi connectivity index (χ4v) is 2.34. The van der Waals surface area contributed by atoms with E-state index in [-0.39, 0.29) is 0 Å². The van der Waals surface area contributed by atoms with Crippen LogP contribution in [-0.2, 0) is 0 Å². The number of likely N-dealkylation sites (tertiary alicyclic amines) is 1. The number of hydrogen-bond acceptors (Lipinski definition) is 3. The van der Waals surface area contributed by atoms with Crippen LogP contribution >= 0.6 is 11.6 Å². The van der Waals surface area contributed by atoms with Crippen molar-refractivity contribution in [2.75, 3.05) is 13.1 Å². The largest absolute Gasteiger partial charge is 0.301 e. The fourth-order valence-electron chi connectivity index (χ4n) is 2.24. The molecule has 1 aliphatic rings. The lowest BCUT2D eigenvalue weighted by molar-refractivity contribution is 0.170. The van der Waals surface area contributed by atoms with Crippen molar-refractivity contribution >= 4 is 11.6 Å². The molecule has 0 aromatic carbocycles. The molecule has 2 heterocycles. The summed E-state index contributed by atoms with van der Waals surface area (Å²) in [7, 11) is 0. The quantitative estimate of drug-likeness (QED) is 0.795. The van der Waals surface area contributed by atoms with Crippen molar-refractivity contribution in [2.45, 2.75) is 38.6 Å². The number of piperidine rings is 1. The highest BCUT2D eigenvalue weighted by atomic mass is 35.5. The van der Waals surface area contributed by atoms with Crippen molar-refractivity contribution in [3.8, 4) is 0 Å². The van der Waals surface area contributed by atoms with E-state index in [4.69, 9.17) is 11.6 Å². The second kappa shape index (κ2) is 5.11. The Kier molecular flexibility index (Phi) is 3.77. The molecule has 4 heteroatoms. The third kappa shape index (κ3) is 2.71. The Bertz CT molecular complexity index is 329. The van der Waals surface area contributed by atoms with Gasteiger partial charge in [-0.1, -0.05) is 11.6 Å². The molecule has 1 aliphatic heterocycles. The highest BCUT2D eigenvalue weighted by Gasteiger charge is 2.22. The zero-order chi connectivity index (χ0) is 11.5. The first kappa shape index (κ1) is 11.8. The average molecular weight is 240 g/mol. The van der Waals surface area contributed by atoms with Gasteiger partial charge in [0, 0.05) is 12.0 Å². The lowest BCUT2D eigenvalue weighted by atomic mass is 9.93. The van der Waals surface area contributed by atoms with E-state index in [0.29, 0.717) is 17.1 Å². The van der Waals surface area contributed by atoms with Crippen LogP contribution in [0.1, 0.15) is 38.3 Å². The molecule has 88 valence electrons. The summed E-state index contributed by atoms with van der Waals surface area (Å²) in [6.07, 6.45) is 5.81. The molecular formula is C12H18ClN3. The zero-order valence-electron chi connectivity index (χ0n) is 9.86. The Balaban J connectivity index is 1.96. The Labute approximate surface area is 102 Å². The highest BCUT2D eigenvalue weighted by Crippen LogP contribution is 2.27. The van der Waals surface area contributed by atoms with Crippen LogP contribution in [0, 0.1) is 0 Å². The Morgan fingerprint density at radius 1 is 1.25 bits per heavy atom. The molecule has 3 nitrogen and oxygen atoms in total. The predicted octanol–water partition coefficient (Wildman–Crippen LogP) is 2.72. The average Bonchev–Trinajstić information content (AvgIpc) is 2.30. The van der Waals surface area contributed by atoms with Crippen molar-refractivity contribution in [1.29, 1.82) is 0 Å². The molecule has 0 aliphatic carbocycles. The van der Waals surface area contributed by atoms with Crippen LogP contribution in [0.15, 0.2) is 12.4 Å². The second-order valence-corrected chi connectivity index (χ2v) is 5.06. The lowest BCUT2D eigenvalue weighted by Crippen LogP contribution is -2.38. The molecule has 1 saturated heterocycles. The van der Waals surface area contributed by atoms with E-state index in [1.54, 1.807) is 6.20 Å². The molecule has 0 spiro atoms. The number of rotatable bonds is 2. The summed E-state index contributed by atoms with van der Waals surface area (Å²) >= 11 is 5.73. The second-order valence-electron chi connectivity index (χ2n) is 4.67. The van der Waals surface area contributed by atoms with Crippen LogP contribution in [-0.4, -0.2) is 34.0 Å². The third-order valence-electron chi connectivity index (χ3n) is 3.32. The van der Waals surface area contributed by atoms with Gasteiger partial charge in [0.15, 0.2) is 0 Å². The molecule has 0 atom stereocenters. The standard InChI is InChI=1S/C12H18ClN3/c1-9(2)16-5-3-10(4-6-16)11-7-15-12(13)8-14-11/h7-10H,3-6H2,1-2H3. The molecule has 1 aromatic rings. The van der Waals surface area contributed by atoms with Crippen LogP contribution in [0.25, 0.3) is 0 Å². The summed E-state index contributed by atoms with van der Waals surface area (Å²) in [6.45, 7) is 6.82. The van der Waals surface area contributed by atoms with Gasteiger partial charge in [0.25, 0.3) is 0 Å². The first-order chi connectivity index (χ1) is 7.66. The SMILES string of the molecule is CC(C)N1CCC(c2cnc(Cl)cn2)CC1. The molecule has 1 aromatic heterocycles. The van der Waals surface area contributed by atoms with Gasteiger partial charge in [-0.15, -0.1) is 0 Å². The minimum atomic E-state index is 0.475. The molecular weight excluding hydrogens is 222 g/mol. The number of halogens is 1. The third-order valence-corrected chi connectivity index (χ3v) is 3.51. The van der Waals surface area contributed by atoms with Crippen LogP contribution in [0.3, 0.4) is 0 Å². The summed E-state index contributed by atoms with van der Waals surface area (Å²) in [4.78, 5) is 11.0. The number of aromatic nitrogens is 2. The van der Waals surface area contributed by atoms with Gasteiger partial charge < -0.3 is 4.90 Å². The smallest absolute Gasteiger partial charge is 0.147 e. The van der Waals surface area contributed by atoms with Crippen LogP contribution in [0.4, 0.5) is 0 Å². The minimum Gasteiger partial charge on any atom is -0.301 e. The Morgan fingerprint density at radius 2 is 1.94 bits per heavy atom. The van der Waals surface area contributed by atoms with Gasteiger partial charge in [0.2, 0.25) is 0 Å². The van der Waals surface area contributed by atoms with Crippen LogP contribution in [0.5, 0.6) is 0 Å². The van der Waals surface area contributed by atoms with Crippen molar-refractivity contribution in [1.82, 2.24) is 14.9 Å². The van der Waals surface area contributed by atoms with E-state index in [0.717, 1.165) is 18.8 Å². The van der Waals surface area contributed by atoms with Crippen molar-refractivity contribution < 1.29 is 0 Å². The normalized spacial score (nSPS) is 19.2. The van der Waals surface area contributed by atoms with Gasteiger partial charge in [-0.25, -0.2) is 4.98 Å². The van der Waals surface area contributed by atoms with E-state index < -0.39 is 0 Å². The van der Waals surface area contributed by atoms with Gasteiger partial charge in [0.1, 0.15) is 5.15 Å². The summed E-state index contributed by atoms with van der Waals surface area (Å²) in [5.74, 6) is 0.555. The summed E-state index contributed by atoms with van der Waals surface area (Å²) < 4.78 is 0. The van der Waals surface area contributed by atoms with Crippen molar-refractivity contribution in [2.24, 2.45) is 0 Å². The Hall–Kier alpha value is -0.670. The molecule has 1 fully saturated rings. The van der Waals surface area contributed by atoms with Crippen LogP contribution < -0.4 is 0 Å². The first-order valence-corrected chi connectivity index (χ1v) is 6.26. The molecule has 16 heavy (non-hydrogen) atoms. The van der Waals surface area contributed by atoms with Crippen molar-refractivity contribution in [3.05, 3.63) is 23.2 Å². The lowest BCUT2D eigenvalue weighted by Gasteiger charge is -2.34. The maximum absolute atomic E-state index is 5.73. The predicted molar refractivity (Wildman–Crippen MR) is 65.7 cm³/mol. The number of nitrogens with zero attached hydrogens (tertiary/aromatic N) is 3. The topological polar surface area (TPSA) is 29.0 Å². The maximum Gasteiger partial charge on any atom is 0.147 e. The van der Waals surface area contributed by atoms with Gasteiger partial charge in [0.05, 0.1) is 18.1 Å². The highest BCUT2D eigenvalue weighted by molar-refractivity contribution is 6.29. The van der Waals surface area contributed by atoms with E-state index in [1.807, 2.05) is 6.20 Å². The van der Waals surface area contributed by atoms with E-state index in [9.17, 15) is 0 Å². The molecule has 2 rings (SSSR count). The molecule has 0 bridgehead atoms. The maximum atomic E-state index is 5.73. The molecule has 0 saturated carbocycles. The van der Waals surface area contributed by atoms with E-state index >= 15 is 0 Å². The summed E-state index contributed by atoms with van der Waals surface area (Å²) in [5.41, 5.74) is 1.09. The molecule has 0 unspecified atom stereocenters. The van der Waals surface area contributed by atoms with Gasteiger partial charge in [-0.3, -0.25) is 4.98 Å². The summed E-state index contributed by atoms with van der Waals surface area (Å²) in [6, 6.07) is 0.650. The monoisotopic (exact) mass is 239 g/mol. The van der Waals surface area contributed by atoms with Crippen LogP contribution in [0.2, 0.25) is 5.15 Å². The fraction of sp³-hybridized carbons (Fsp3) is 0.667. The van der Waals surface area contributed by atoms with E-state index in [1.165, 1.54) is 12.8 Å². The molecule has 0 radical (unpaired) electrons. The van der Waals surface area contributed by atoms with Gasteiger partial charge in [-0.2, -0.15) is 0 Å². The molecule has 0 N–H and O–H groups in total. The van der Waals surface area contributed by atoms with Gasteiger partial charge in [-0.05, 0) is 39.8 Å².